The molecule has 4 nitrogen and oxygen atoms in total. The van der Waals surface area contributed by atoms with Crippen LogP contribution in [0.3, 0.4) is 0 Å². The number of halogens is 1. The summed E-state index contributed by atoms with van der Waals surface area (Å²) in [5.41, 5.74) is 14.6. The Morgan fingerprint density at radius 3 is 2.64 bits per heavy atom. The van der Waals surface area contributed by atoms with Crippen molar-refractivity contribution in [1.82, 2.24) is 0 Å². The fourth-order valence-corrected chi connectivity index (χ4v) is 3.28. The lowest BCUT2D eigenvalue weighted by Gasteiger charge is -2.34. The molecule has 0 saturated carbocycles. The molecule has 0 bridgehead atoms. The summed E-state index contributed by atoms with van der Waals surface area (Å²) in [4.78, 5) is 4.46. The van der Waals surface area contributed by atoms with Crippen molar-refractivity contribution in [3.8, 4) is 6.07 Å². The van der Waals surface area contributed by atoms with Crippen molar-refractivity contribution in [2.45, 2.75) is 38.6 Å². The molecule has 2 rings (SSSR count). The van der Waals surface area contributed by atoms with Crippen molar-refractivity contribution in [2.24, 2.45) is 22.4 Å². The first-order valence-corrected chi connectivity index (χ1v) is 7.86. The van der Waals surface area contributed by atoms with Gasteiger partial charge < -0.3 is 11.5 Å². The molecular weight excluding hydrogens is 296 g/mol. The van der Waals surface area contributed by atoms with Gasteiger partial charge in [-0.1, -0.05) is 43.1 Å². The summed E-state index contributed by atoms with van der Waals surface area (Å²) in [5, 5.41) is 10.3. The van der Waals surface area contributed by atoms with E-state index in [2.05, 4.69) is 18.0 Å². The maximum atomic E-state index is 9.69. The topological polar surface area (TPSA) is 88.2 Å². The van der Waals surface area contributed by atoms with Gasteiger partial charge in [0.1, 0.15) is 5.84 Å². The molecule has 116 valence electrons. The van der Waals surface area contributed by atoms with Crippen LogP contribution in [0.4, 0.5) is 0 Å². The maximum absolute atomic E-state index is 9.69. The minimum atomic E-state index is -0.238. The highest BCUT2D eigenvalue weighted by molar-refractivity contribution is 6.31. The van der Waals surface area contributed by atoms with Crippen LogP contribution < -0.4 is 11.5 Å². The highest BCUT2D eigenvalue weighted by Crippen LogP contribution is 2.42. The highest BCUT2D eigenvalue weighted by Gasteiger charge is 2.38. The minimum absolute atomic E-state index is 0.225. The number of nitriles is 1. The first-order chi connectivity index (χ1) is 10.5. The number of nitrogens with two attached hydrogens (primary N) is 2. The lowest BCUT2D eigenvalue weighted by atomic mass is 9.74. The Kier molecular flexibility index (Phi) is 5.23. The van der Waals surface area contributed by atoms with Crippen molar-refractivity contribution in [3.05, 3.63) is 46.1 Å². The van der Waals surface area contributed by atoms with Crippen LogP contribution in [0.5, 0.6) is 0 Å². The van der Waals surface area contributed by atoms with E-state index >= 15 is 0 Å². The van der Waals surface area contributed by atoms with Gasteiger partial charge in [-0.2, -0.15) is 5.26 Å². The lowest BCUT2D eigenvalue weighted by molar-refractivity contribution is 0.494. The number of hydrogen-bond acceptors (Lipinski definition) is 4. The van der Waals surface area contributed by atoms with E-state index < -0.39 is 0 Å². The van der Waals surface area contributed by atoms with Crippen LogP contribution in [-0.2, 0) is 0 Å². The summed E-state index contributed by atoms with van der Waals surface area (Å²) < 4.78 is 0. The van der Waals surface area contributed by atoms with E-state index in [-0.39, 0.29) is 17.9 Å². The Morgan fingerprint density at radius 2 is 2.09 bits per heavy atom. The first kappa shape index (κ1) is 16.5. The van der Waals surface area contributed by atoms with Gasteiger partial charge in [0.05, 0.1) is 17.3 Å². The fraction of sp³-hybridized carbons (Fsp3) is 0.412. The van der Waals surface area contributed by atoms with Gasteiger partial charge in [-0.3, -0.25) is 0 Å². The molecule has 5 heteroatoms. The third-order valence-electron chi connectivity index (χ3n) is 4.00. The van der Waals surface area contributed by atoms with Gasteiger partial charge in [-0.25, -0.2) is 4.99 Å². The van der Waals surface area contributed by atoms with Crippen LogP contribution >= 0.6 is 11.6 Å². The predicted molar refractivity (Wildman–Crippen MR) is 90.5 cm³/mol. The molecule has 1 aromatic carbocycles. The molecule has 0 amide bonds. The van der Waals surface area contributed by atoms with Gasteiger partial charge in [0.25, 0.3) is 0 Å². The van der Waals surface area contributed by atoms with Gasteiger partial charge in [0.2, 0.25) is 0 Å². The van der Waals surface area contributed by atoms with E-state index in [0.29, 0.717) is 16.4 Å². The van der Waals surface area contributed by atoms with Crippen LogP contribution in [0.15, 0.2) is 40.5 Å². The molecule has 0 radical (unpaired) electrons. The van der Waals surface area contributed by atoms with Crippen molar-refractivity contribution >= 4 is 17.4 Å². The van der Waals surface area contributed by atoms with Crippen LogP contribution in [0, 0.1) is 17.2 Å². The lowest BCUT2D eigenvalue weighted by Crippen LogP contribution is -2.43. The SMILES string of the molecule is CCCC1=C(C#N)C(c2ccccc2Cl)C(C(C)N)C(N)=N1. The molecule has 3 atom stereocenters. The van der Waals surface area contributed by atoms with E-state index in [1.54, 1.807) is 0 Å². The van der Waals surface area contributed by atoms with Crippen molar-refractivity contribution in [3.63, 3.8) is 0 Å². The largest absolute Gasteiger partial charge is 0.387 e. The smallest absolute Gasteiger partial charge is 0.105 e. The second kappa shape index (κ2) is 6.95. The zero-order valence-electron chi connectivity index (χ0n) is 12.9. The molecule has 0 aromatic heterocycles. The Balaban J connectivity index is 2.65. The molecule has 1 aliphatic rings. The van der Waals surface area contributed by atoms with E-state index in [4.69, 9.17) is 23.1 Å². The normalized spacial score (nSPS) is 23.0. The Bertz CT molecular complexity index is 655. The highest BCUT2D eigenvalue weighted by atomic mass is 35.5. The summed E-state index contributed by atoms with van der Waals surface area (Å²) >= 11 is 6.37. The van der Waals surface area contributed by atoms with Gasteiger partial charge >= 0.3 is 0 Å². The molecule has 1 heterocycles. The van der Waals surface area contributed by atoms with E-state index in [1.165, 1.54) is 0 Å². The summed E-state index contributed by atoms with van der Waals surface area (Å²) in [6, 6.07) is 9.64. The summed E-state index contributed by atoms with van der Waals surface area (Å²) in [5.74, 6) is 0.0234. The van der Waals surface area contributed by atoms with Crippen molar-refractivity contribution < 1.29 is 0 Å². The first-order valence-electron chi connectivity index (χ1n) is 7.48. The monoisotopic (exact) mass is 316 g/mol. The number of allylic oxidation sites excluding steroid dienone is 2. The summed E-state index contributed by atoms with van der Waals surface area (Å²) in [6.45, 7) is 3.94. The molecule has 1 aromatic rings. The maximum Gasteiger partial charge on any atom is 0.105 e. The second-order valence-electron chi connectivity index (χ2n) is 5.64. The van der Waals surface area contributed by atoms with Gasteiger partial charge in [0, 0.05) is 22.9 Å². The number of nitrogens with zero attached hydrogens (tertiary/aromatic N) is 2. The zero-order valence-corrected chi connectivity index (χ0v) is 13.6. The molecular formula is C17H21ClN4. The number of amidine groups is 1. The van der Waals surface area contributed by atoms with Gasteiger partial charge in [-0.15, -0.1) is 0 Å². The molecule has 0 saturated heterocycles. The van der Waals surface area contributed by atoms with E-state index in [9.17, 15) is 5.26 Å². The third-order valence-corrected chi connectivity index (χ3v) is 4.34. The summed E-state index contributed by atoms with van der Waals surface area (Å²) in [6.07, 6.45) is 1.62. The van der Waals surface area contributed by atoms with Crippen molar-refractivity contribution in [1.29, 1.82) is 5.26 Å². The zero-order chi connectivity index (χ0) is 16.3. The number of rotatable bonds is 4. The second-order valence-corrected chi connectivity index (χ2v) is 6.05. The van der Waals surface area contributed by atoms with Crippen molar-refractivity contribution in [2.75, 3.05) is 0 Å². The number of hydrogen-bond donors (Lipinski definition) is 2. The average Bonchev–Trinajstić information content (AvgIpc) is 2.47. The van der Waals surface area contributed by atoms with E-state index in [0.717, 1.165) is 24.1 Å². The van der Waals surface area contributed by atoms with Crippen LogP contribution in [0.1, 0.15) is 38.2 Å². The quantitative estimate of drug-likeness (QED) is 0.892. The minimum Gasteiger partial charge on any atom is -0.387 e. The van der Waals surface area contributed by atoms with Gasteiger partial charge in [-0.05, 0) is 25.0 Å². The van der Waals surface area contributed by atoms with Crippen LogP contribution in [0.25, 0.3) is 0 Å². The van der Waals surface area contributed by atoms with Crippen LogP contribution in [0.2, 0.25) is 5.02 Å². The molecule has 4 N–H and O–H groups in total. The average molecular weight is 317 g/mol. The standard InChI is InChI=1S/C17H21ClN4/c1-3-6-14-12(9-19)16(11-7-4-5-8-13(11)18)15(10(2)20)17(21)22-14/h4-5,7-8,10,15-16H,3,6,20H2,1-2H3,(H2,21,22). The van der Waals surface area contributed by atoms with Crippen LogP contribution in [-0.4, -0.2) is 11.9 Å². The Hall–Kier alpha value is -1.83. The molecule has 0 fully saturated rings. The molecule has 0 aliphatic carbocycles. The summed E-state index contributed by atoms with van der Waals surface area (Å²) in [7, 11) is 0. The molecule has 1 aliphatic heterocycles. The Morgan fingerprint density at radius 1 is 1.41 bits per heavy atom. The van der Waals surface area contributed by atoms with E-state index in [1.807, 2.05) is 31.2 Å². The number of aliphatic imine (C=N–C) groups is 1. The molecule has 3 unspecified atom stereocenters. The molecule has 0 spiro atoms. The molecule has 22 heavy (non-hydrogen) atoms. The predicted octanol–water partition coefficient (Wildman–Crippen LogP) is 3.34. The fourth-order valence-electron chi connectivity index (χ4n) is 3.03. The number of benzene rings is 1. The van der Waals surface area contributed by atoms with Gasteiger partial charge in [0.15, 0.2) is 0 Å². The Labute approximate surface area is 136 Å². The third kappa shape index (κ3) is 3.01.